The molecule has 10 heteroatoms. The lowest BCUT2D eigenvalue weighted by Gasteiger charge is -2.40. The number of rotatable bonds is 9. The van der Waals surface area contributed by atoms with Gasteiger partial charge in [0, 0.05) is 17.8 Å². The summed E-state index contributed by atoms with van der Waals surface area (Å²) in [5, 5.41) is 17.3. The molecule has 10 nitrogen and oxygen atoms in total. The molecule has 2 fully saturated rings. The van der Waals surface area contributed by atoms with Crippen LogP contribution in [0.4, 0.5) is 5.69 Å². The molecule has 0 bridgehead atoms. The number of hydrogen-bond acceptors (Lipinski definition) is 6. The first-order valence-corrected chi connectivity index (χ1v) is 11.7. The lowest BCUT2D eigenvalue weighted by molar-refractivity contribution is -0.148. The normalized spacial score (nSPS) is 26.0. The highest BCUT2D eigenvalue weighted by atomic mass is 16.3. The highest BCUT2D eigenvalue weighted by molar-refractivity contribution is 6.15. The molecule has 0 spiro atoms. The van der Waals surface area contributed by atoms with Crippen LogP contribution in [0.5, 0.6) is 0 Å². The number of fused-ring (bicyclic) bond motifs is 1. The first kappa shape index (κ1) is 24.6. The molecule has 5 amide bonds. The number of imide groups is 1. The van der Waals surface area contributed by atoms with Crippen molar-refractivity contribution in [1.82, 2.24) is 15.5 Å². The number of carbonyl (C=O) groups excluding carboxylic acids is 5. The van der Waals surface area contributed by atoms with E-state index < -0.39 is 46.7 Å². The van der Waals surface area contributed by atoms with Crippen LogP contribution >= 0.6 is 0 Å². The van der Waals surface area contributed by atoms with E-state index in [1.165, 1.54) is 17.1 Å². The van der Waals surface area contributed by atoms with E-state index in [0.29, 0.717) is 30.5 Å². The Hall–Kier alpha value is -3.53. The van der Waals surface area contributed by atoms with E-state index in [0.717, 1.165) is 0 Å². The predicted octanol–water partition coefficient (Wildman–Crippen LogP) is 0.611. The Morgan fingerprint density at radius 1 is 0.971 bits per heavy atom. The molecule has 186 valence electrons. The SMILES string of the molecule is CC(C)C(NC(=O)C12CCC1(N1C(=O)C=CC1=O)C2)C(=O)N[C@@H](C)C(=O)Nc1ccc(CO)cc1. The van der Waals surface area contributed by atoms with Crippen molar-refractivity contribution in [2.24, 2.45) is 11.3 Å². The Kier molecular flexibility index (Phi) is 6.27. The molecule has 4 N–H and O–H groups in total. The number of nitrogens with one attached hydrogen (secondary N) is 3. The monoisotopic (exact) mass is 482 g/mol. The molecule has 4 atom stereocenters. The minimum atomic E-state index is -0.891. The molecule has 35 heavy (non-hydrogen) atoms. The summed E-state index contributed by atoms with van der Waals surface area (Å²) in [6.45, 7) is 5.01. The predicted molar refractivity (Wildman–Crippen MR) is 125 cm³/mol. The van der Waals surface area contributed by atoms with Crippen molar-refractivity contribution in [1.29, 1.82) is 0 Å². The first-order chi connectivity index (χ1) is 16.5. The van der Waals surface area contributed by atoms with Gasteiger partial charge in [0.1, 0.15) is 12.1 Å². The molecule has 1 aliphatic heterocycles. The Balaban J connectivity index is 1.36. The quantitative estimate of drug-likeness (QED) is 0.380. The number of hydrogen-bond donors (Lipinski definition) is 4. The number of aliphatic hydroxyl groups is 1. The van der Waals surface area contributed by atoms with Crippen LogP contribution in [0, 0.1) is 11.3 Å². The highest BCUT2D eigenvalue weighted by Crippen LogP contribution is 2.74. The smallest absolute Gasteiger partial charge is 0.254 e. The van der Waals surface area contributed by atoms with Crippen molar-refractivity contribution in [2.75, 3.05) is 5.32 Å². The summed E-state index contributed by atoms with van der Waals surface area (Å²) < 4.78 is 0. The van der Waals surface area contributed by atoms with Crippen molar-refractivity contribution in [2.45, 2.75) is 64.3 Å². The number of amides is 5. The second kappa shape index (κ2) is 8.92. The molecule has 3 aliphatic rings. The third-order valence-corrected chi connectivity index (χ3v) is 7.39. The fourth-order valence-corrected chi connectivity index (χ4v) is 5.11. The second-order valence-electron chi connectivity index (χ2n) is 9.91. The topological polar surface area (TPSA) is 145 Å². The molecule has 0 saturated heterocycles. The van der Waals surface area contributed by atoms with Crippen LogP contribution in [-0.2, 0) is 30.6 Å². The van der Waals surface area contributed by atoms with Gasteiger partial charge in [0.25, 0.3) is 11.8 Å². The van der Waals surface area contributed by atoms with Gasteiger partial charge in [0.2, 0.25) is 17.7 Å². The van der Waals surface area contributed by atoms with Gasteiger partial charge in [0.15, 0.2) is 0 Å². The molecule has 2 aliphatic carbocycles. The summed E-state index contributed by atoms with van der Waals surface area (Å²) in [5.74, 6) is -2.36. The standard InChI is InChI=1S/C25H30N4O6/c1-14(2)20(22(34)26-15(3)21(33)27-17-6-4-16(12-30)5-7-17)28-23(35)24-10-11-25(24,13-24)29-18(31)8-9-19(29)32/h4-9,14-15,20,30H,10-13H2,1-3H3,(H,26,34)(H,27,33)(H,28,35)/t15-,20?,24?,25?/m0/s1. The van der Waals surface area contributed by atoms with E-state index in [2.05, 4.69) is 16.0 Å². The van der Waals surface area contributed by atoms with Gasteiger partial charge in [-0.1, -0.05) is 26.0 Å². The zero-order valence-corrected chi connectivity index (χ0v) is 20.0. The molecule has 4 rings (SSSR count). The maximum absolute atomic E-state index is 13.2. The lowest BCUT2D eigenvalue weighted by atomic mass is 9.77. The number of aliphatic hydroxyl groups excluding tert-OH is 1. The molecule has 3 unspecified atom stereocenters. The lowest BCUT2D eigenvalue weighted by Crippen LogP contribution is -2.59. The van der Waals surface area contributed by atoms with E-state index in [4.69, 9.17) is 5.11 Å². The summed E-state index contributed by atoms with van der Waals surface area (Å²) in [6, 6.07) is 4.91. The molecule has 1 heterocycles. The minimum Gasteiger partial charge on any atom is -0.392 e. The van der Waals surface area contributed by atoms with Gasteiger partial charge in [-0.2, -0.15) is 0 Å². The fraction of sp³-hybridized carbons (Fsp3) is 0.480. The largest absolute Gasteiger partial charge is 0.392 e. The van der Waals surface area contributed by atoms with Gasteiger partial charge in [-0.05, 0) is 49.8 Å². The van der Waals surface area contributed by atoms with Crippen molar-refractivity contribution in [3.8, 4) is 0 Å². The van der Waals surface area contributed by atoms with Crippen LogP contribution in [0.3, 0.4) is 0 Å². The molecule has 0 radical (unpaired) electrons. The van der Waals surface area contributed by atoms with Crippen LogP contribution in [-0.4, -0.2) is 57.2 Å². The van der Waals surface area contributed by atoms with Crippen LogP contribution in [0.15, 0.2) is 36.4 Å². The Morgan fingerprint density at radius 3 is 2.11 bits per heavy atom. The van der Waals surface area contributed by atoms with Crippen molar-refractivity contribution in [3.05, 3.63) is 42.0 Å². The van der Waals surface area contributed by atoms with E-state index in [1.807, 2.05) is 0 Å². The second-order valence-corrected chi connectivity index (χ2v) is 9.91. The molecule has 1 aromatic carbocycles. The Labute approximate surface area is 203 Å². The van der Waals surface area contributed by atoms with E-state index in [1.54, 1.807) is 45.0 Å². The first-order valence-electron chi connectivity index (χ1n) is 11.7. The number of nitrogens with zero attached hydrogens (tertiary/aromatic N) is 1. The number of benzene rings is 1. The van der Waals surface area contributed by atoms with Gasteiger partial charge in [-0.25, -0.2) is 0 Å². The van der Waals surface area contributed by atoms with Crippen LogP contribution in [0.25, 0.3) is 0 Å². The number of anilines is 1. The molecule has 2 saturated carbocycles. The summed E-state index contributed by atoms with van der Waals surface area (Å²) in [5.41, 5.74) is -0.427. The van der Waals surface area contributed by atoms with E-state index in [-0.39, 0.29) is 18.4 Å². The van der Waals surface area contributed by atoms with Crippen LogP contribution in [0.1, 0.15) is 45.6 Å². The van der Waals surface area contributed by atoms with Crippen molar-refractivity contribution < 1.29 is 29.1 Å². The summed E-state index contributed by atoms with van der Waals surface area (Å²) in [6.07, 6.45) is 3.93. The third kappa shape index (κ3) is 4.12. The van der Waals surface area contributed by atoms with Gasteiger partial charge < -0.3 is 21.1 Å². The molecule has 0 aromatic heterocycles. The maximum atomic E-state index is 13.2. The Bertz CT molecular complexity index is 1100. The molecule has 1 aromatic rings. The van der Waals surface area contributed by atoms with Crippen LogP contribution in [0.2, 0.25) is 0 Å². The third-order valence-electron chi connectivity index (χ3n) is 7.39. The summed E-state index contributed by atoms with van der Waals surface area (Å²) in [7, 11) is 0. The van der Waals surface area contributed by atoms with Crippen molar-refractivity contribution >= 4 is 35.2 Å². The van der Waals surface area contributed by atoms with Gasteiger partial charge in [-0.3, -0.25) is 28.9 Å². The van der Waals surface area contributed by atoms with Crippen molar-refractivity contribution in [3.63, 3.8) is 0 Å². The fourth-order valence-electron chi connectivity index (χ4n) is 5.11. The Morgan fingerprint density at radius 2 is 1.60 bits per heavy atom. The van der Waals surface area contributed by atoms with Gasteiger partial charge >= 0.3 is 0 Å². The van der Waals surface area contributed by atoms with Gasteiger partial charge in [-0.15, -0.1) is 0 Å². The average Bonchev–Trinajstić information content (AvgIpc) is 3.09. The molecular formula is C25H30N4O6. The molecular weight excluding hydrogens is 452 g/mol. The average molecular weight is 483 g/mol. The maximum Gasteiger partial charge on any atom is 0.254 e. The number of carbonyl (C=O) groups is 5. The van der Waals surface area contributed by atoms with E-state index >= 15 is 0 Å². The summed E-state index contributed by atoms with van der Waals surface area (Å²) in [4.78, 5) is 64.3. The summed E-state index contributed by atoms with van der Waals surface area (Å²) >= 11 is 0. The zero-order valence-electron chi connectivity index (χ0n) is 20.0. The minimum absolute atomic E-state index is 0.104. The highest BCUT2D eigenvalue weighted by Gasteiger charge is 2.82. The zero-order chi connectivity index (χ0) is 25.5. The van der Waals surface area contributed by atoms with Crippen LogP contribution < -0.4 is 16.0 Å². The van der Waals surface area contributed by atoms with Gasteiger partial charge in [0.05, 0.1) is 17.6 Å². The van der Waals surface area contributed by atoms with E-state index in [9.17, 15) is 24.0 Å².